The van der Waals surface area contributed by atoms with Gasteiger partial charge in [0, 0.05) is 17.8 Å². The Morgan fingerprint density at radius 2 is 1.73 bits per heavy atom. The Morgan fingerprint density at radius 3 is 2.38 bits per heavy atom. The summed E-state index contributed by atoms with van der Waals surface area (Å²) in [6.45, 7) is 6.80. The van der Waals surface area contributed by atoms with Crippen molar-refractivity contribution in [2.24, 2.45) is 0 Å². The molecule has 0 heterocycles. The molecule has 0 unspecified atom stereocenters. The predicted octanol–water partition coefficient (Wildman–Crippen LogP) is 3.04. The van der Waals surface area contributed by atoms with Crippen molar-refractivity contribution in [3.8, 4) is 0 Å². The summed E-state index contributed by atoms with van der Waals surface area (Å²) in [6, 6.07) is 12.8. The Hall–Kier alpha value is -2.73. The molecule has 138 valence electrons. The summed E-state index contributed by atoms with van der Waals surface area (Å²) < 4.78 is 12.9. The van der Waals surface area contributed by atoms with Gasteiger partial charge in [0.25, 0.3) is 5.91 Å². The van der Waals surface area contributed by atoms with Crippen LogP contribution in [0.2, 0.25) is 0 Å². The third-order valence-corrected chi connectivity index (χ3v) is 4.03. The number of rotatable bonds is 8. The Bertz CT molecular complexity index is 743. The lowest BCUT2D eigenvalue weighted by atomic mass is 10.2. The molecule has 0 aromatic heterocycles. The summed E-state index contributed by atoms with van der Waals surface area (Å²) >= 11 is 0. The van der Waals surface area contributed by atoms with Gasteiger partial charge >= 0.3 is 0 Å². The van der Waals surface area contributed by atoms with Gasteiger partial charge in [-0.2, -0.15) is 0 Å². The summed E-state index contributed by atoms with van der Waals surface area (Å²) in [5.74, 6) is -1.15. The minimum Gasteiger partial charge on any atom is -0.343 e. The summed E-state index contributed by atoms with van der Waals surface area (Å²) in [5.41, 5.74) is 2.11. The van der Waals surface area contributed by atoms with Crippen LogP contribution in [0.3, 0.4) is 0 Å². The van der Waals surface area contributed by atoms with E-state index in [0.29, 0.717) is 11.3 Å². The molecule has 0 aliphatic heterocycles. The van der Waals surface area contributed by atoms with E-state index in [9.17, 15) is 14.0 Å². The van der Waals surface area contributed by atoms with Gasteiger partial charge in [0.05, 0.1) is 6.54 Å². The van der Waals surface area contributed by atoms with Crippen LogP contribution in [0.15, 0.2) is 48.5 Å². The Kier molecular flexibility index (Phi) is 7.29. The van der Waals surface area contributed by atoms with Crippen molar-refractivity contribution >= 4 is 17.5 Å². The molecule has 0 atom stereocenters. The molecule has 2 aromatic rings. The topological polar surface area (TPSA) is 61.4 Å². The standard InChI is InChI=1S/C20H24FN3O2/c1-3-24(4-2)14-15-6-5-7-18(12-15)23-19(25)13-22-20(26)16-8-10-17(21)11-9-16/h5-12H,3-4,13-14H2,1-2H3,(H,22,26)(H,23,25). The lowest BCUT2D eigenvalue weighted by molar-refractivity contribution is -0.115. The largest absolute Gasteiger partial charge is 0.343 e. The van der Waals surface area contributed by atoms with E-state index in [4.69, 9.17) is 0 Å². The van der Waals surface area contributed by atoms with Crippen molar-refractivity contribution in [3.05, 3.63) is 65.5 Å². The van der Waals surface area contributed by atoms with Crippen LogP contribution in [0.25, 0.3) is 0 Å². The number of amides is 2. The van der Waals surface area contributed by atoms with Gasteiger partial charge in [-0.1, -0.05) is 26.0 Å². The molecule has 0 aliphatic carbocycles. The maximum absolute atomic E-state index is 12.9. The highest BCUT2D eigenvalue weighted by atomic mass is 19.1. The molecule has 2 N–H and O–H groups in total. The first kappa shape index (κ1) is 19.6. The van der Waals surface area contributed by atoms with E-state index in [-0.39, 0.29) is 12.5 Å². The molecule has 0 fully saturated rings. The zero-order chi connectivity index (χ0) is 18.9. The van der Waals surface area contributed by atoms with Crippen molar-refractivity contribution in [3.63, 3.8) is 0 Å². The molecule has 0 bridgehead atoms. The van der Waals surface area contributed by atoms with Gasteiger partial charge in [-0.3, -0.25) is 14.5 Å². The maximum atomic E-state index is 12.9. The fourth-order valence-corrected chi connectivity index (χ4v) is 2.52. The SMILES string of the molecule is CCN(CC)Cc1cccc(NC(=O)CNC(=O)c2ccc(F)cc2)c1. The summed E-state index contributed by atoms with van der Waals surface area (Å²) in [5, 5.41) is 5.30. The van der Waals surface area contributed by atoms with Crippen molar-refractivity contribution in [2.75, 3.05) is 25.0 Å². The van der Waals surface area contributed by atoms with Gasteiger partial charge in [0.1, 0.15) is 5.82 Å². The Balaban J connectivity index is 1.87. The molecule has 0 radical (unpaired) electrons. The van der Waals surface area contributed by atoms with Crippen molar-refractivity contribution in [1.82, 2.24) is 10.2 Å². The number of benzene rings is 2. The molecule has 0 aliphatic rings. The molecule has 2 amide bonds. The number of nitrogens with one attached hydrogen (secondary N) is 2. The molecule has 0 saturated carbocycles. The first-order valence-electron chi connectivity index (χ1n) is 8.66. The highest BCUT2D eigenvalue weighted by Gasteiger charge is 2.09. The van der Waals surface area contributed by atoms with Gasteiger partial charge in [-0.15, -0.1) is 0 Å². The van der Waals surface area contributed by atoms with Crippen LogP contribution < -0.4 is 10.6 Å². The van der Waals surface area contributed by atoms with Crippen LogP contribution in [-0.4, -0.2) is 36.3 Å². The maximum Gasteiger partial charge on any atom is 0.251 e. The number of hydrogen-bond donors (Lipinski definition) is 2. The molecular weight excluding hydrogens is 333 g/mol. The normalized spacial score (nSPS) is 10.6. The van der Waals surface area contributed by atoms with Gasteiger partial charge in [-0.25, -0.2) is 4.39 Å². The molecule has 0 saturated heterocycles. The average molecular weight is 357 g/mol. The number of carbonyl (C=O) groups is 2. The summed E-state index contributed by atoms with van der Waals surface area (Å²) in [6.07, 6.45) is 0. The number of anilines is 1. The monoisotopic (exact) mass is 357 g/mol. The quantitative estimate of drug-likeness (QED) is 0.763. The van der Waals surface area contributed by atoms with E-state index in [1.54, 1.807) is 0 Å². The fraction of sp³-hybridized carbons (Fsp3) is 0.300. The first-order chi connectivity index (χ1) is 12.5. The van der Waals surface area contributed by atoms with E-state index >= 15 is 0 Å². The van der Waals surface area contributed by atoms with Crippen molar-refractivity contribution in [1.29, 1.82) is 0 Å². The van der Waals surface area contributed by atoms with Crippen molar-refractivity contribution in [2.45, 2.75) is 20.4 Å². The molecular formula is C20H24FN3O2. The van der Waals surface area contributed by atoms with Crippen LogP contribution in [0.1, 0.15) is 29.8 Å². The lowest BCUT2D eigenvalue weighted by Gasteiger charge is -2.18. The summed E-state index contributed by atoms with van der Waals surface area (Å²) in [4.78, 5) is 26.3. The predicted molar refractivity (Wildman–Crippen MR) is 100 cm³/mol. The third kappa shape index (κ3) is 5.97. The zero-order valence-electron chi connectivity index (χ0n) is 15.1. The highest BCUT2D eigenvalue weighted by Crippen LogP contribution is 2.12. The lowest BCUT2D eigenvalue weighted by Crippen LogP contribution is -2.32. The fourth-order valence-electron chi connectivity index (χ4n) is 2.52. The van der Waals surface area contributed by atoms with E-state index in [1.165, 1.54) is 24.3 Å². The van der Waals surface area contributed by atoms with Gasteiger partial charge in [0.2, 0.25) is 5.91 Å². The van der Waals surface area contributed by atoms with Crippen LogP contribution in [0, 0.1) is 5.82 Å². The minimum absolute atomic E-state index is 0.156. The molecule has 6 heteroatoms. The minimum atomic E-state index is -0.421. The van der Waals surface area contributed by atoms with Crippen LogP contribution in [0.5, 0.6) is 0 Å². The molecule has 2 aromatic carbocycles. The van der Waals surface area contributed by atoms with Crippen molar-refractivity contribution < 1.29 is 14.0 Å². The number of halogens is 1. The first-order valence-corrected chi connectivity index (χ1v) is 8.66. The average Bonchev–Trinajstić information content (AvgIpc) is 2.65. The number of nitrogens with zero attached hydrogens (tertiary/aromatic N) is 1. The smallest absolute Gasteiger partial charge is 0.251 e. The second-order valence-corrected chi connectivity index (χ2v) is 5.90. The summed E-state index contributed by atoms with van der Waals surface area (Å²) in [7, 11) is 0. The zero-order valence-corrected chi connectivity index (χ0v) is 15.1. The van der Waals surface area contributed by atoms with E-state index in [1.807, 2.05) is 24.3 Å². The van der Waals surface area contributed by atoms with Gasteiger partial charge in [0.15, 0.2) is 0 Å². The Morgan fingerprint density at radius 1 is 1.04 bits per heavy atom. The highest BCUT2D eigenvalue weighted by molar-refractivity contribution is 5.99. The molecule has 0 spiro atoms. The van der Waals surface area contributed by atoms with E-state index in [2.05, 4.69) is 29.4 Å². The molecule has 2 rings (SSSR count). The van der Waals surface area contributed by atoms with E-state index < -0.39 is 11.7 Å². The molecule has 5 nitrogen and oxygen atoms in total. The van der Waals surface area contributed by atoms with E-state index in [0.717, 1.165) is 25.2 Å². The van der Waals surface area contributed by atoms with Crippen LogP contribution in [0.4, 0.5) is 10.1 Å². The number of hydrogen-bond acceptors (Lipinski definition) is 3. The van der Waals surface area contributed by atoms with Gasteiger partial charge in [-0.05, 0) is 55.1 Å². The molecule has 26 heavy (non-hydrogen) atoms. The van der Waals surface area contributed by atoms with Gasteiger partial charge < -0.3 is 10.6 Å². The Labute approximate surface area is 153 Å². The van der Waals surface area contributed by atoms with Crippen LogP contribution >= 0.6 is 0 Å². The van der Waals surface area contributed by atoms with Crippen LogP contribution in [-0.2, 0) is 11.3 Å². The second kappa shape index (κ2) is 9.68. The third-order valence-electron chi connectivity index (χ3n) is 4.03. The number of carbonyl (C=O) groups excluding carboxylic acids is 2. The second-order valence-electron chi connectivity index (χ2n) is 5.90.